The van der Waals surface area contributed by atoms with Crippen LogP contribution >= 0.6 is 0 Å². The van der Waals surface area contributed by atoms with E-state index in [0.29, 0.717) is 17.7 Å². The number of benzene rings is 1. The molecule has 1 aliphatic heterocycles. The van der Waals surface area contributed by atoms with Crippen LogP contribution in [-0.2, 0) is 6.42 Å². The van der Waals surface area contributed by atoms with Crippen molar-refractivity contribution in [3.8, 4) is 0 Å². The summed E-state index contributed by atoms with van der Waals surface area (Å²) in [5.41, 5.74) is 1.82. The number of nitrogens with zero attached hydrogens (tertiary/aromatic N) is 3. The average Bonchev–Trinajstić information content (AvgIpc) is 2.71. The largest absolute Gasteiger partial charge is 0.354 e. The van der Waals surface area contributed by atoms with Crippen LogP contribution in [0, 0.1) is 0 Å². The highest BCUT2D eigenvalue weighted by molar-refractivity contribution is 5.92. The number of hydrogen-bond donors (Lipinski definition) is 1. The van der Waals surface area contributed by atoms with Crippen molar-refractivity contribution in [3.63, 3.8) is 0 Å². The summed E-state index contributed by atoms with van der Waals surface area (Å²) >= 11 is 0. The number of carbonyl (C=O) groups excluding carboxylic acids is 1. The zero-order chi connectivity index (χ0) is 18.2. The first-order chi connectivity index (χ1) is 12.8. The van der Waals surface area contributed by atoms with Crippen LogP contribution in [0.15, 0.2) is 42.6 Å². The fraction of sp³-hybridized carbons (Fsp3) is 0.476. The molecular formula is C21H28N4O. The highest BCUT2D eigenvalue weighted by Gasteiger charge is 2.27. The van der Waals surface area contributed by atoms with Gasteiger partial charge in [0.25, 0.3) is 5.91 Å². The molecule has 1 fully saturated rings. The van der Waals surface area contributed by atoms with Crippen LogP contribution < -0.4 is 5.32 Å². The SMILES string of the molecule is CCC1CCCCN1C(=O)c1ccnc(NCCCc2ccccc2)n1. The van der Waals surface area contributed by atoms with Crippen LogP contribution in [0.5, 0.6) is 0 Å². The molecule has 1 aliphatic rings. The lowest BCUT2D eigenvalue weighted by atomic mass is 9.99. The Balaban J connectivity index is 1.54. The molecule has 1 N–H and O–H groups in total. The van der Waals surface area contributed by atoms with E-state index in [1.54, 1.807) is 12.3 Å². The van der Waals surface area contributed by atoms with Crippen LogP contribution in [0.2, 0.25) is 0 Å². The van der Waals surface area contributed by atoms with Gasteiger partial charge in [-0.05, 0) is 50.2 Å². The van der Waals surface area contributed by atoms with Crippen molar-refractivity contribution in [2.24, 2.45) is 0 Å². The molecular weight excluding hydrogens is 324 g/mol. The second-order valence-corrected chi connectivity index (χ2v) is 6.84. The number of rotatable bonds is 7. The normalized spacial score (nSPS) is 17.1. The summed E-state index contributed by atoms with van der Waals surface area (Å²) < 4.78 is 0. The smallest absolute Gasteiger partial charge is 0.272 e. The van der Waals surface area contributed by atoms with Crippen molar-refractivity contribution in [3.05, 3.63) is 53.9 Å². The minimum Gasteiger partial charge on any atom is -0.354 e. The molecule has 5 heteroatoms. The Morgan fingerprint density at radius 1 is 1.23 bits per heavy atom. The fourth-order valence-corrected chi connectivity index (χ4v) is 3.54. The molecule has 0 spiro atoms. The molecule has 1 unspecified atom stereocenters. The van der Waals surface area contributed by atoms with Gasteiger partial charge < -0.3 is 10.2 Å². The van der Waals surface area contributed by atoms with Crippen molar-refractivity contribution < 1.29 is 4.79 Å². The molecule has 1 atom stereocenters. The number of hydrogen-bond acceptors (Lipinski definition) is 4. The minimum atomic E-state index is 0.0336. The van der Waals surface area contributed by atoms with Gasteiger partial charge >= 0.3 is 0 Å². The molecule has 0 saturated carbocycles. The fourth-order valence-electron chi connectivity index (χ4n) is 3.54. The first-order valence-electron chi connectivity index (χ1n) is 9.69. The molecule has 0 bridgehead atoms. The molecule has 0 radical (unpaired) electrons. The van der Waals surface area contributed by atoms with Crippen molar-refractivity contribution in [2.75, 3.05) is 18.4 Å². The first kappa shape index (κ1) is 18.4. The van der Waals surface area contributed by atoms with Gasteiger partial charge in [-0.3, -0.25) is 4.79 Å². The number of aromatic nitrogens is 2. The molecule has 0 aliphatic carbocycles. The standard InChI is InChI=1S/C21H28N4O/c1-2-18-12-6-7-16-25(18)20(26)19-13-15-23-21(24-19)22-14-8-11-17-9-4-3-5-10-17/h3-5,9-10,13,15,18H,2,6-8,11-12,14,16H2,1H3,(H,22,23,24). The van der Waals surface area contributed by atoms with Gasteiger partial charge in [-0.2, -0.15) is 0 Å². The summed E-state index contributed by atoms with van der Waals surface area (Å²) in [6.45, 7) is 3.77. The zero-order valence-electron chi connectivity index (χ0n) is 15.5. The number of likely N-dealkylation sites (tertiary alicyclic amines) is 1. The first-order valence-corrected chi connectivity index (χ1v) is 9.69. The molecule has 26 heavy (non-hydrogen) atoms. The Morgan fingerprint density at radius 3 is 2.88 bits per heavy atom. The Kier molecular flexibility index (Phi) is 6.58. The number of aryl methyl sites for hydroxylation is 1. The van der Waals surface area contributed by atoms with Crippen molar-refractivity contribution >= 4 is 11.9 Å². The number of carbonyl (C=O) groups is 1. The summed E-state index contributed by atoms with van der Waals surface area (Å²) in [6, 6.07) is 12.5. The number of piperidine rings is 1. The minimum absolute atomic E-state index is 0.0336. The van der Waals surface area contributed by atoms with Gasteiger partial charge in [-0.1, -0.05) is 37.3 Å². The summed E-state index contributed by atoms with van der Waals surface area (Å²) in [4.78, 5) is 23.5. The van der Waals surface area contributed by atoms with E-state index in [-0.39, 0.29) is 5.91 Å². The lowest BCUT2D eigenvalue weighted by Gasteiger charge is -2.35. The van der Waals surface area contributed by atoms with Gasteiger partial charge in [0.05, 0.1) is 0 Å². The average molecular weight is 352 g/mol. The molecule has 1 saturated heterocycles. The van der Waals surface area contributed by atoms with Gasteiger partial charge in [-0.15, -0.1) is 0 Å². The van der Waals surface area contributed by atoms with Gasteiger partial charge in [0.15, 0.2) is 0 Å². The van der Waals surface area contributed by atoms with Crippen LogP contribution in [0.1, 0.15) is 55.1 Å². The molecule has 1 aromatic heterocycles. The van der Waals surface area contributed by atoms with E-state index < -0.39 is 0 Å². The van der Waals surface area contributed by atoms with E-state index in [4.69, 9.17) is 0 Å². The van der Waals surface area contributed by atoms with Gasteiger partial charge in [0.1, 0.15) is 5.69 Å². The second-order valence-electron chi connectivity index (χ2n) is 6.84. The predicted octanol–water partition coefficient (Wildman–Crippen LogP) is 3.93. The van der Waals surface area contributed by atoms with E-state index in [9.17, 15) is 4.79 Å². The predicted molar refractivity (Wildman–Crippen MR) is 104 cm³/mol. The Hall–Kier alpha value is -2.43. The monoisotopic (exact) mass is 352 g/mol. The third kappa shape index (κ3) is 4.81. The van der Waals surface area contributed by atoms with Crippen molar-refractivity contribution in [1.29, 1.82) is 0 Å². The lowest BCUT2D eigenvalue weighted by molar-refractivity contribution is 0.0602. The van der Waals surface area contributed by atoms with Crippen LogP contribution in [0.3, 0.4) is 0 Å². The lowest BCUT2D eigenvalue weighted by Crippen LogP contribution is -2.43. The number of amides is 1. The maximum Gasteiger partial charge on any atom is 0.272 e. The number of nitrogens with one attached hydrogen (secondary N) is 1. The van der Waals surface area contributed by atoms with Crippen molar-refractivity contribution in [1.82, 2.24) is 14.9 Å². The summed E-state index contributed by atoms with van der Waals surface area (Å²) in [5.74, 6) is 0.570. The molecule has 3 rings (SSSR count). The van der Waals surface area contributed by atoms with Gasteiger partial charge in [0.2, 0.25) is 5.95 Å². The number of anilines is 1. The second kappa shape index (κ2) is 9.32. The van der Waals surface area contributed by atoms with Crippen LogP contribution in [0.4, 0.5) is 5.95 Å². The van der Waals surface area contributed by atoms with E-state index in [0.717, 1.165) is 45.2 Å². The Labute approximate surface area is 155 Å². The van der Waals surface area contributed by atoms with Crippen LogP contribution in [-0.4, -0.2) is 39.9 Å². The van der Waals surface area contributed by atoms with E-state index >= 15 is 0 Å². The van der Waals surface area contributed by atoms with Gasteiger partial charge in [-0.25, -0.2) is 9.97 Å². The summed E-state index contributed by atoms with van der Waals surface area (Å²) in [6.07, 6.45) is 8.07. The molecule has 1 aromatic carbocycles. The highest BCUT2D eigenvalue weighted by atomic mass is 16.2. The van der Waals surface area contributed by atoms with E-state index in [1.807, 2.05) is 11.0 Å². The molecule has 2 aromatic rings. The molecule has 1 amide bonds. The summed E-state index contributed by atoms with van der Waals surface area (Å²) in [7, 11) is 0. The van der Waals surface area contributed by atoms with E-state index in [1.165, 1.54) is 12.0 Å². The van der Waals surface area contributed by atoms with Gasteiger partial charge in [0, 0.05) is 25.3 Å². The highest BCUT2D eigenvalue weighted by Crippen LogP contribution is 2.21. The third-order valence-corrected chi connectivity index (χ3v) is 5.00. The molecule has 2 heterocycles. The quantitative estimate of drug-likeness (QED) is 0.767. The molecule has 138 valence electrons. The third-order valence-electron chi connectivity index (χ3n) is 5.00. The Morgan fingerprint density at radius 2 is 2.08 bits per heavy atom. The van der Waals surface area contributed by atoms with Crippen molar-refractivity contribution in [2.45, 2.75) is 51.5 Å². The topological polar surface area (TPSA) is 58.1 Å². The zero-order valence-corrected chi connectivity index (χ0v) is 15.5. The Bertz CT molecular complexity index is 704. The maximum absolute atomic E-state index is 12.8. The molecule has 5 nitrogen and oxygen atoms in total. The summed E-state index contributed by atoms with van der Waals surface area (Å²) in [5, 5.41) is 3.25. The maximum atomic E-state index is 12.8. The van der Waals surface area contributed by atoms with Crippen LogP contribution in [0.25, 0.3) is 0 Å². The van der Waals surface area contributed by atoms with E-state index in [2.05, 4.69) is 46.5 Å².